The summed E-state index contributed by atoms with van der Waals surface area (Å²) in [6.45, 7) is 6.05. The molecule has 0 saturated carbocycles. The molecular formula is C10H16N4. The van der Waals surface area contributed by atoms with Crippen LogP contribution in [0.15, 0.2) is 6.07 Å². The van der Waals surface area contributed by atoms with Crippen LogP contribution in [0.3, 0.4) is 0 Å². The number of nitrogens with one attached hydrogen (secondary N) is 1. The lowest BCUT2D eigenvalue weighted by Gasteiger charge is -2.36. The molecule has 4 nitrogen and oxygen atoms in total. The summed E-state index contributed by atoms with van der Waals surface area (Å²) in [5.74, 6) is 1.88. The fourth-order valence-corrected chi connectivity index (χ4v) is 1.61. The van der Waals surface area contributed by atoms with E-state index in [9.17, 15) is 0 Å². The number of rotatable bonds is 2. The van der Waals surface area contributed by atoms with Crippen LogP contribution in [0, 0.1) is 13.8 Å². The van der Waals surface area contributed by atoms with Crippen LogP contribution in [0.5, 0.6) is 0 Å². The normalized spacial score (nSPS) is 16.5. The Labute approximate surface area is 84.4 Å². The maximum atomic E-state index is 4.42. The minimum Gasteiger partial charge on any atom is -0.354 e. The van der Waals surface area contributed by atoms with Gasteiger partial charge in [0.25, 0.3) is 0 Å². The predicted molar refractivity (Wildman–Crippen MR) is 56.6 cm³/mol. The highest BCUT2D eigenvalue weighted by atomic mass is 15.3. The molecule has 1 fully saturated rings. The molecule has 0 amide bonds. The van der Waals surface area contributed by atoms with Crippen LogP contribution >= 0.6 is 0 Å². The van der Waals surface area contributed by atoms with Crippen molar-refractivity contribution in [1.82, 2.24) is 15.3 Å². The second kappa shape index (κ2) is 3.53. The summed E-state index contributed by atoms with van der Waals surface area (Å²) in [6, 6.07) is 2.62. The van der Waals surface area contributed by atoms with E-state index >= 15 is 0 Å². The third kappa shape index (κ3) is 1.70. The molecule has 0 radical (unpaired) electrons. The number of nitrogens with zero attached hydrogens (tertiary/aromatic N) is 3. The van der Waals surface area contributed by atoms with Crippen LogP contribution in [-0.2, 0) is 0 Å². The second-order valence-corrected chi connectivity index (χ2v) is 3.84. The van der Waals surface area contributed by atoms with Gasteiger partial charge in [0.05, 0.1) is 6.04 Å². The van der Waals surface area contributed by atoms with Gasteiger partial charge in [0.2, 0.25) is 0 Å². The molecule has 0 aromatic carbocycles. The van der Waals surface area contributed by atoms with E-state index in [4.69, 9.17) is 0 Å². The maximum Gasteiger partial charge on any atom is 0.132 e. The van der Waals surface area contributed by atoms with Crippen molar-refractivity contribution < 1.29 is 0 Å². The Morgan fingerprint density at radius 3 is 2.57 bits per heavy atom. The quantitative estimate of drug-likeness (QED) is 0.741. The van der Waals surface area contributed by atoms with E-state index in [2.05, 4.69) is 27.2 Å². The van der Waals surface area contributed by atoms with Crippen LogP contribution < -0.4 is 10.2 Å². The van der Waals surface area contributed by atoms with Gasteiger partial charge in [-0.15, -0.1) is 0 Å². The highest BCUT2D eigenvalue weighted by Crippen LogP contribution is 2.15. The van der Waals surface area contributed by atoms with Gasteiger partial charge in [-0.05, 0) is 13.8 Å². The lowest BCUT2D eigenvalue weighted by Crippen LogP contribution is -2.56. The van der Waals surface area contributed by atoms with Crippen LogP contribution in [0.25, 0.3) is 0 Å². The Hall–Kier alpha value is -1.16. The van der Waals surface area contributed by atoms with Gasteiger partial charge >= 0.3 is 0 Å². The zero-order chi connectivity index (χ0) is 10.1. The van der Waals surface area contributed by atoms with E-state index < -0.39 is 0 Å². The highest BCUT2D eigenvalue weighted by Gasteiger charge is 2.22. The van der Waals surface area contributed by atoms with E-state index in [0.29, 0.717) is 6.04 Å². The third-order valence-electron chi connectivity index (χ3n) is 2.62. The SMILES string of the molecule is Cc1cc(N(C)C2CNC2)nc(C)n1. The van der Waals surface area contributed by atoms with Crippen LogP contribution in [0.1, 0.15) is 11.5 Å². The molecule has 1 saturated heterocycles. The Morgan fingerprint density at radius 1 is 1.36 bits per heavy atom. The van der Waals surface area contributed by atoms with Crippen LogP contribution in [0.2, 0.25) is 0 Å². The first-order valence-electron chi connectivity index (χ1n) is 4.92. The van der Waals surface area contributed by atoms with Crippen LogP contribution in [-0.4, -0.2) is 36.1 Å². The first kappa shape index (κ1) is 9.40. The molecule has 0 unspecified atom stereocenters. The standard InChI is InChI=1S/C10H16N4/c1-7-4-10(13-8(2)12-7)14(3)9-5-11-6-9/h4,9,11H,5-6H2,1-3H3. The number of hydrogen-bond donors (Lipinski definition) is 1. The van der Waals surface area contributed by atoms with Gasteiger partial charge in [-0.1, -0.05) is 0 Å². The van der Waals surface area contributed by atoms with Crippen molar-refractivity contribution >= 4 is 5.82 Å². The summed E-state index contributed by atoms with van der Waals surface area (Å²) in [5, 5.41) is 3.26. The molecule has 1 aromatic heterocycles. The van der Waals surface area contributed by atoms with E-state index in [0.717, 1.165) is 30.4 Å². The first-order chi connectivity index (χ1) is 6.66. The fraction of sp³-hybridized carbons (Fsp3) is 0.600. The van der Waals surface area contributed by atoms with Crippen molar-refractivity contribution in [3.63, 3.8) is 0 Å². The topological polar surface area (TPSA) is 41.0 Å². The van der Waals surface area contributed by atoms with E-state index in [1.165, 1.54) is 0 Å². The lowest BCUT2D eigenvalue weighted by molar-refractivity contribution is 0.426. The number of aromatic nitrogens is 2. The van der Waals surface area contributed by atoms with Gasteiger partial charge in [-0.2, -0.15) is 0 Å². The summed E-state index contributed by atoms with van der Waals surface area (Å²) in [5.41, 5.74) is 1.03. The molecule has 0 bridgehead atoms. The summed E-state index contributed by atoms with van der Waals surface area (Å²) in [4.78, 5) is 10.9. The summed E-state index contributed by atoms with van der Waals surface area (Å²) >= 11 is 0. The smallest absolute Gasteiger partial charge is 0.132 e. The molecule has 1 aliphatic heterocycles. The average molecular weight is 192 g/mol. The maximum absolute atomic E-state index is 4.42. The van der Waals surface area contributed by atoms with Crippen molar-refractivity contribution in [2.75, 3.05) is 25.0 Å². The molecule has 0 aliphatic carbocycles. The first-order valence-corrected chi connectivity index (χ1v) is 4.92. The number of likely N-dealkylation sites (N-methyl/N-ethyl adjacent to an activating group) is 1. The Kier molecular flexibility index (Phi) is 2.37. The molecule has 2 rings (SSSR count). The van der Waals surface area contributed by atoms with E-state index in [1.54, 1.807) is 0 Å². The zero-order valence-electron chi connectivity index (χ0n) is 8.91. The minimum atomic E-state index is 0.587. The van der Waals surface area contributed by atoms with Gasteiger partial charge in [-0.25, -0.2) is 9.97 Å². The molecule has 0 spiro atoms. The Morgan fingerprint density at radius 2 is 2.07 bits per heavy atom. The van der Waals surface area contributed by atoms with Crippen molar-refractivity contribution in [2.45, 2.75) is 19.9 Å². The Balaban J connectivity index is 2.21. The van der Waals surface area contributed by atoms with Gasteiger partial charge in [-0.3, -0.25) is 0 Å². The molecule has 2 heterocycles. The zero-order valence-corrected chi connectivity index (χ0v) is 8.91. The average Bonchev–Trinajstić information content (AvgIpc) is 1.98. The second-order valence-electron chi connectivity index (χ2n) is 3.84. The summed E-state index contributed by atoms with van der Waals surface area (Å²) in [6.07, 6.45) is 0. The van der Waals surface area contributed by atoms with Crippen LogP contribution in [0.4, 0.5) is 5.82 Å². The predicted octanol–water partition coefficient (Wildman–Crippen LogP) is 0.501. The Bertz CT molecular complexity index is 313. The molecular weight excluding hydrogens is 176 g/mol. The van der Waals surface area contributed by atoms with E-state index in [-0.39, 0.29) is 0 Å². The highest BCUT2D eigenvalue weighted by molar-refractivity contribution is 5.40. The van der Waals surface area contributed by atoms with Crippen molar-refractivity contribution in [1.29, 1.82) is 0 Å². The van der Waals surface area contributed by atoms with Gasteiger partial charge in [0, 0.05) is 31.9 Å². The van der Waals surface area contributed by atoms with Crippen molar-refractivity contribution in [3.05, 3.63) is 17.6 Å². The van der Waals surface area contributed by atoms with Crippen molar-refractivity contribution in [2.24, 2.45) is 0 Å². The third-order valence-corrected chi connectivity index (χ3v) is 2.62. The fourth-order valence-electron chi connectivity index (χ4n) is 1.61. The summed E-state index contributed by atoms with van der Waals surface area (Å²) in [7, 11) is 2.09. The monoisotopic (exact) mass is 192 g/mol. The van der Waals surface area contributed by atoms with Crippen molar-refractivity contribution in [3.8, 4) is 0 Å². The number of anilines is 1. The summed E-state index contributed by atoms with van der Waals surface area (Å²) < 4.78 is 0. The molecule has 1 aromatic rings. The largest absolute Gasteiger partial charge is 0.354 e. The minimum absolute atomic E-state index is 0.587. The molecule has 4 heteroatoms. The molecule has 76 valence electrons. The molecule has 1 N–H and O–H groups in total. The molecule has 1 aliphatic rings. The molecule has 14 heavy (non-hydrogen) atoms. The van der Waals surface area contributed by atoms with Gasteiger partial charge in [0.1, 0.15) is 11.6 Å². The van der Waals surface area contributed by atoms with E-state index in [1.807, 2.05) is 19.9 Å². The van der Waals surface area contributed by atoms with Gasteiger partial charge < -0.3 is 10.2 Å². The molecule has 0 atom stereocenters. The lowest BCUT2D eigenvalue weighted by atomic mass is 10.1. The van der Waals surface area contributed by atoms with Gasteiger partial charge in [0.15, 0.2) is 0 Å². The number of aryl methyl sites for hydroxylation is 2. The number of hydrogen-bond acceptors (Lipinski definition) is 4.